The van der Waals surface area contributed by atoms with Crippen molar-refractivity contribution >= 4 is 11.6 Å². The van der Waals surface area contributed by atoms with Crippen LogP contribution >= 0.6 is 0 Å². The number of aromatic hydroxyl groups is 1. The molecule has 1 aliphatic rings. The molecule has 0 amide bonds. The lowest BCUT2D eigenvalue weighted by molar-refractivity contribution is 0.0956. The minimum absolute atomic E-state index is 0.0727. The molecule has 1 heterocycles. The van der Waals surface area contributed by atoms with E-state index in [9.17, 15) is 14.7 Å². The summed E-state index contributed by atoms with van der Waals surface area (Å²) in [6.07, 6.45) is 0.982. The number of furan rings is 1. The SMILES string of the molecule is CCC(C)C(C)c1cc2c(o1)C(=O)c1cccc(O)c1C2=O. The van der Waals surface area contributed by atoms with E-state index in [1.54, 1.807) is 18.2 Å². The molecule has 4 nitrogen and oxygen atoms in total. The van der Waals surface area contributed by atoms with Crippen LogP contribution in [0.5, 0.6) is 5.75 Å². The molecule has 22 heavy (non-hydrogen) atoms. The van der Waals surface area contributed by atoms with Crippen molar-refractivity contribution in [2.75, 3.05) is 0 Å². The van der Waals surface area contributed by atoms with E-state index in [1.807, 2.05) is 6.92 Å². The Balaban J connectivity index is 2.12. The zero-order valence-corrected chi connectivity index (χ0v) is 12.8. The highest BCUT2D eigenvalue weighted by atomic mass is 16.4. The summed E-state index contributed by atoms with van der Waals surface area (Å²) >= 11 is 0. The van der Waals surface area contributed by atoms with Gasteiger partial charge in [-0.1, -0.05) is 33.3 Å². The Hall–Kier alpha value is -2.36. The van der Waals surface area contributed by atoms with Gasteiger partial charge in [-0.2, -0.15) is 0 Å². The van der Waals surface area contributed by atoms with E-state index in [1.165, 1.54) is 6.07 Å². The van der Waals surface area contributed by atoms with Crippen LogP contribution in [0.1, 0.15) is 70.9 Å². The standard InChI is InChI=1S/C18H18O4/c1-4-9(2)10(3)14-8-12-16(20)15-11(6-5-7-13(15)19)17(21)18(12)22-14/h5-10,19H,4H2,1-3H3. The van der Waals surface area contributed by atoms with Crippen LogP contribution in [0.4, 0.5) is 0 Å². The van der Waals surface area contributed by atoms with Crippen molar-refractivity contribution in [3.63, 3.8) is 0 Å². The van der Waals surface area contributed by atoms with Crippen LogP contribution in [-0.4, -0.2) is 16.7 Å². The molecule has 0 saturated heterocycles. The largest absolute Gasteiger partial charge is 0.507 e. The van der Waals surface area contributed by atoms with E-state index >= 15 is 0 Å². The average molecular weight is 298 g/mol. The van der Waals surface area contributed by atoms with Gasteiger partial charge in [0, 0.05) is 11.5 Å². The van der Waals surface area contributed by atoms with Crippen molar-refractivity contribution in [2.24, 2.45) is 5.92 Å². The van der Waals surface area contributed by atoms with Crippen molar-refractivity contribution < 1.29 is 19.1 Å². The van der Waals surface area contributed by atoms with Gasteiger partial charge in [0.1, 0.15) is 11.5 Å². The molecule has 0 fully saturated rings. The summed E-state index contributed by atoms with van der Waals surface area (Å²) < 4.78 is 5.72. The highest BCUT2D eigenvalue weighted by molar-refractivity contribution is 6.28. The van der Waals surface area contributed by atoms with Crippen LogP contribution in [0.25, 0.3) is 0 Å². The first-order valence-electron chi connectivity index (χ1n) is 7.50. The first-order chi connectivity index (χ1) is 10.5. The summed E-state index contributed by atoms with van der Waals surface area (Å²) in [4.78, 5) is 25.1. The van der Waals surface area contributed by atoms with Crippen molar-refractivity contribution in [1.29, 1.82) is 0 Å². The van der Waals surface area contributed by atoms with Gasteiger partial charge < -0.3 is 9.52 Å². The molecule has 1 aromatic carbocycles. The normalized spacial score (nSPS) is 16.1. The fourth-order valence-corrected chi connectivity index (χ4v) is 2.83. The van der Waals surface area contributed by atoms with Gasteiger partial charge in [0.05, 0.1) is 11.1 Å². The molecule has 114 valence electrons. The number of rotatable bonds is 3. The maximum Gasteiger partial charge on any atom is 0.229 e. The summed E-state index contributed by atoms with van der Waals surface area (Å²) in [6.45, 7) is 6.22. The third-order valence-corrected chi connectivity index (χ3v) is 4.66. The number of carbonyl (C=O) groups excluding carboxylic acids is 2. The van der Waals surface area contributed by atoms with Crippen molar-refractivity contribution in [1.82, 2.24) is 0 Å². The molecule has 0 aliphatic heterocycles. The van der Waals surface area contributed by atoms with Crippen LogP contribution in [0, 0.1) is 5.92 Å². The van der Waals surface area contributed by atoms with Gasteiger partial charge in [-0.3, -0.25) is 9.59 Å². The first kappa shape index (κ1) is 14.6. The number of fused-ring (bicyclic) bond motifs is 2. The molecule has 2 unspecified atom stereocenters. The van der Waals surface area contributed by atoms with E-state index in [-0.39, 0.29) is 45.7 Å². The number of hydrogen-bond donors (Lipinski definition) is 1. The van der Waals surface area contributed by atoms with Crippen molar-refractivity contribution in [3.05, 3.63) is 52.5 Å². The summed E-state index contributed by atoms with van der Waals surface area (Å²) in [5.41, 5.74) is 0.530. The van der Waals surface area contributed by atoms with Crippen LogP contribution in [-0.2, 0) is 0 Å². The van der Waals surface area contributed by atoms with Gasteiger partial charge in [0.2, 0.25) is 11.6 Å². The predicted molar refractivity (Wildman–Crippen MR) is 81.5 cm³/mol. The molecule has 0 radical (unpaired) electrons. The second-order valence-electron chi connectivity index (χ2n) is 5.92. The van der Waals surface area contributed by atoms with E-state index in [0.717, 1.165) is 6.42 Å². The molecule has 0 saturated carbocycles. The second-order valence-corrected chi connectivity index (χ2v) is 5.92. The van der Waals surface area contributed by atoms with Gasteiger partial charge >= 0.3 is 0 Å². The lowest BCUT2D eigenvalue weighted by Crippen LogP contribution is -2.19. The number of phenols is 1. The lowest BCUT2D eigenvalue weighted by atomic mass is 9.87. The molecule has 0 bridgehead atoms. The topological polar surface area (TPSA) is 67.5 Å². The molecule has 2 atom stereocenters. The van der Waals surface area contributed by atoms with Gasteiger partial charge in [-0.15, -0.1) is 0 Å². The third-order valence-electron chi connectivity index (χ3n) is 4.66. The van der Waals surface area contributed by atoms with E-state index in [4.69, 9.17) is 4.42 Å². The van der Waals surface area contributed by atoms with Gasteiger partial charge in [0.15, 0.2) is 5.76 Å². The first-order valence-corrected chi connectivity index (χ1v) is 7.50. The molecule has 4 heteroatoms. The monoisotopic (exact) mass is 298 g/mol. The highest BCUT2D eigenvalue weighted by Gasteiger charge is 2.36. The zero-order chi connectivity index (χ0) is 16.0. The predicted octanol–water partition coefficient (Wildman–Crippen LogP) is 3.91. The van der Waals surface area contributed by atoms with Crippen molar-refractivity contribution in [2.45, 2.75) is 33.1 Å². The van der Waals surface area contributed by atoms with E-state index < -0.39 is 0 Å². The Labute approximate surface area is 128 Å². The molecule has 0 spiro atoms. The van der Waals surface area contributed by atoms with Crippen LogP contribution in [0.3, 0.4) is 0 Å². The van der Waals surface area contributed by atoms with E-state index in [2.05, 4.69) is 13.8 Å². The van der Waals surface area contributed by atoms with Crippen molar-refractivity contribution in [3.8, 4) is 5.75 Å². The molecular weight excluding hydrogens is 280 g/mol. The molecule has 1 aromatic heterocycles. The molecular formula is C18H18O4. The summed E-state index contributed by atoms with van der Waals surface area (Å²) in [6, 6.07) is 6.16. The minimum atomic E-state index is -0.353. The quantitative estimate of drug-likeness (QED) is 0.796. The molecule has 3 rings (SSSR count). The summed E-state index contributed by atoms with van der Waals surface area (Å²) in [5, 5.41) is 9.91. The summed E-state index contributed by atoms with van der Waals surface area (Å²) in [5.74, 6) is 0.375. The third kappa shape index (κ3) is 1.98. The maximum absolute atomic E-state index is 12.6. The fraction of sp³-hybridized carbons (Fsp3) is 0.333. The average Bonchev–Trinajstić information content (AvgIpc) is 2.96. The second kappa shape index (κ2) is 5.13. The smallest absolute Gasteiger partial charge is 0.229 e. The Morgan fingerprint density at radius 3 is 2.55 bits per heavy atom. The number of ketones is 2. The van der Waals surface area contributed by atoms with Gasteiger partial charge in [-0.05, 0) is 24.1 Å². The summed E-state index contributed by atoms with van der Waals surface area (Å²) in [7, 11) is 0. The maximum atomic E-state index is 12.6. The Morgan fingerprint density at radius 2 is 1.86 bits per heavy atom. The Morgan fingerprint density at radius 1 is 1.14 bits per heavy atom. The fourth-order valence-electron chi connectivity index (χ4n) is 2.83. The van der Waals surface area contributed by atoms with Crippen LogP contribution in [0.15, 0.2) is 28.7 Å². The zero-order valence-electron chi connectivity index (χ0n) is 12.8. The molecule has 2 aromatic rings. The molecule has 1 aliphatic carbocycles. The molecule has 1 N–H and O–H groups in total. The minimum Gasteiger partial charge on any atom is -0.507 e. The van der Waals surface area contributed by atoms with Gasteiger partial charge in [0.25, 0.3) is 0 Å². The van der Waals surface area contributed by atoms with Crippen LogP contribution in [0.2, 0.25) is 0 Å². The number of hydrogen-bond acceptors (Lipinski definition) is 4. The number of carbonyl (C=O) groups is 2. The van der Waals surface area contributed by atoms with Gasteiger partial charge in [-0.25, -0.2) is 0 Å². The lowest BCUT2D eigenvalue weighted by Gasteiger charge is -2.15. The number of benzene rings is 1. The Kier molecular flexibility index (Phi) is 3.39. The number of phenolic OH excluding ortho intramolecular Hbond substituents is 1. The van der Waals surface area contributed by atoms with Crippen LogP contribution < -0.4 is 0 Å². The Bertz CT molecular complexity index is 769. The highest BCUT2D eigenvalue weighted by Crippen LogP contribution is 2.37. The van der Waals surface area contributed by atoms with E-state index in [0.29, 0.717) is 11.7 Å².